The Labute approximate surface area is 120 Å². The standard InChI is InChI=1S/C12H17BrClN3O/c13-9-10(14)16-8-17-11(9)15-7-12(18)5-3-1-2-4-6-12/h8,18H,1-7H2,(H,15,16,17). The first-order chi connectivity index (χ1) is 8.61. The summed E-state index contributed by atoms with van der Waals surface area (Å²) in [5, 5.41) is 14.1. The summed E-state index contributed by atoms with van der Waals surface area (Å²) < 4.78 is 0.642. The topological polar surface area (TPSA) is 58.0 Å². The van der Waals surface area contributed by atoms with E-state index >= 15 is 0 Å². The molecule has 100 valence electrons. The van der Waals surface area contributed by atoms with E-state index in [4.69, 9.17) is 11.6 Å². The molecule has 2 rings (SSSR count). The van der Waals surface area contributed by atoms with Gasteiger partial charge in [0.05, 0.1) is 10.1 Å². The normalized spacial score (nSPS) is 19.3. The lowest BCUT2D eigenvalue weighted by Gasteiger charge is -2.27. The first-order valence-corrected chi connectivity index (χ1v) is 7.40. The Bertz CT molecular complexity index is 408. The lowest BCUT2D eigenvalue weighted by molar-refractivity contribution is 0.0380. The number of halogens is 2. The lowest BCUT2D eigenvalue weighted by atomic mass is 9.94. The van der Waals surface area contributed by atoms with Gasteiger partial charge in [-0.05, 0) is 28.8 Å². The molecule has 0 aliphatic heterocycles. The number of aromatic nitrogens is 2. The Morgan fingerprint density at radius 3 is 2.61 bits per heavy atom. The number of nitrogens with zero attached hydrogens (tertiary/aromatic N) is 2. The summed E-state index contributed by atoms with van der Waals surface area (Å²) in [6, 6.07) is 0. The molecule has 1 aromatic heterocycles. The Hall–Kier alpha value is -0.390. The minimum Gasteiger partial charge on any atom is -0.388 e. The molecule has 1 aliphatic rings. The Balaban J connectivity index is 1.99. The van der Waals surface area contributed by atoms with Gasteiger partial charge in [-0.3, -0.25) is 0 Å². The van der Waals surface area contributed by atoms with Crippen molar-refractivity contribution >= 4 is 33.3 Å². The maximum absolute atomic E-state index is 10.5. The van der Waals surface area contributed by atoms with Crippen molar-refractivity contribution in [3.05, 3.63) is 16.0 Å². The summed E-state index contributed by atoms with van der Waals surface area (Å²) in [7, 11) is 0. The second-order valence-electron chi connectivity index (χ2n) is 4.82. The van der Waals surface area contributed by atoms with E-state index in [0.717, 1.165) is 25.7 Å². The van der Waals surface area contributed by atoms with Gasteiger partial charge < -0.3 is 10.4 Å². The molecule has 18 heavy (non-hydrogen) atoms. The number of anilines is 1. The van der Waals surface area contributed by atoms with Crippen molar-refractivity contribution in [1.82, 2.24) is 9.97 Å². The van der Waals surface area contributed by atoms with Crippen LogP contribution >= 0.6 is 27.5 Å². The number of rotatable bonds is 3. The molecule has 0 bridgehead atoms. The average molecular weight is 335 g/mol. The van der Waals surface area contributed by atoms with Crippen LogP contribution in [0.3, 0.4) is 0 Å². The molecule has 0 radical (unpaired) electrons. The molecule has 0 saturated heterocycles. The first kappa shape index (κ1) is 14.0. The van der Waals surface area contributed by atoms with E-state index in [2.05, 4.69) is 31.2 Å². The maximum atomic E-state index is 10.5. The molecular formula is C12H17BrClN3O. The van der Waals surface area contributed by atoms with Crippen LogP contribution in [0.1, 0.15) is 38.5 Å². The Kier molecular flexibility index (Phi) is 4.81. The third-order valence-corrected chi connectivity index (χ3v) is 4.63. The van der Waals surface area contributed by atoms with Gasteiger partial charge in [0.2, 0.25) is 0 Å². The fourth-order valence-electron chi connectivity index (χ4n) is 2.28. The third kappa shape index (κ3) is 3.56. The summed E-state index contributed by atoms with van der Waals surface area (Å²) in [6.07, 6.45) is 7.70. The van der Waals surface area contributed by atoms with Crippen LogP contribution < -0.4 is 5.32 Å². The summed E-state index contributed by atoms with van der Waals surface area (Å²) in [4.78, 5) is 7.98. The monoisotopic (exact) mass is 333 g/mol. The highest BCUT2D eigenvalue weighted by Gasteiger charge is 2.28. The van der Waals surface area contributed by atoms with Crippen LogP contribution in [-0.4, -0.2) is 27.2 Å². The van der Waals surface area contributed by atoms with E-state index in [0.29, 0.717) is 22.0 Å². The fraction of sp³-hybridized carbons (Fsp3) is 0.667. The van der Waals surface area contributed by atoms with E-state index in [1.165, 1.54) is 19.2 Å². The smallest absolute Gasteiger partial charge is 0.148 e. The van der Waals surface area contributed by atoms with Crippen LogP contribution in [0.25, 0.3) is 0 Å². The van der Waals surface area contributed by atoms with Crippen molar-refractivity contribution < 1.29 is 5.11 Å². The van der Waals surface area contributed by atoms with Crippen LogP contribution in [0.4, 0.5) is 5.82 Å². The molecule has 0 atom stereocenters. The van der Waals surface area contributed by atoms with Crippen LogP contribution in [0, 0.1) is 0 Å². The van der Waals surface area contributed by atoms with Crippen LogP contribution in [0.15, 0.2) is 10.8 Å². The highest BCUT2D eigenvalue weighted by molar-refractivity contribution is 9.10. The molecule has 1 aliphatic carbocycles. The Morgan fingerprint density at radius 2 is 1.94 bits per heavy atom. The van der Waals surface area contributed by atoms with Crippen molar-refractivity contribution in [3.8, 4) is 0 Å². The van der Waals surface area contributed by atoms with Gasteiger partial charge in [-0.2, -0.15) is 0 Å². The van der Waals surface area contributed by atoms with Crippen LogP contribution in [-0.2, 0) is 0 Å². The zero-order valence-electron chi connectivity index (χ0n) is 10.1. The molecular weight excluding hydrogens is 318 g/mol. The molecule has 0 aromatic carbocycles. The first-order valence-electron chi connectivity index (χ1n) is 6.23. The largest absolute Gasteiger partial charge is 0.388 e. The molecule has 0 amide bonds. The number of hydrogen-bond acceptors (Lipinski definition) is 4. The molecule has 1 fully saturated rings. The van der Waals surface area contributed by atoms with Gasteiger partial charge in [-0.1, -0.05) is 37.3 Å². The van der Waals surface area contributed by atoms with Gasteiger partial charge >= 0.3 is 0 Å². The number of hydrogen-bond donors (Lipinski definition) is 2. The minimum absolute atomic E-state index is 0.375. The van der Waals surface area contributed by atoms with Crippen molar-refractivity contribution in [2.24, 2.45) is 0 Å². The van der Waals surface area contributed by atoms with Crippen molar-refractivity contribution in [3.63, 3.8) is 0 Å². The van der Waals surface area contributed by atoms with Gasteiger partial charge in [-0.25, -0.2) is 9.97 Å². The van der Waals surface area contributed by atoms with Crippen LogP contribution in [0.5, 0.6) is 0 Å². The van der Waals surface area contributed by atoms with E-state index < -0.39 is 5.60 Å². The molecule has 6 heteroatoms. The van der Waals surface area contributed by atoms with Gasteiger partial charge in [-0.15, -0.1) is 0 Å². The second kappa shape index (κ2) is 6.17. The van der Waals surface area contributed by atoms with E-state index in [9.17, 15) is 5.11 Å². The Morgan fingerprint density at radius 1 is 1.28 bits per heavy atom. The average Bonchev–Trinajstić information content (AvgIpc) is 2.57. The van der Waals surface area contributed by atoms with E-state index in [1.807, 2.05) is 0 Å². The third-order valence-electron chi connectivity index (χ3n) is 3.37. The lowest BCUT2D eigenvalue weighted by Crippen LogP contribution is -2.36. The summed E-state index contributed by atoms with van der Waals surface area (Å²) in [5.74, 6) is 0.632. The molecule has 0 unspecified atom stereocenters. The number of nitrogens with one attached hydrogen (secondary N) is 1. The van der Waals surface area contributed by atoms with Crippen molar-refractivity contribution in [1.29, 1.82) is 0 Å². The van der Waals surface area contributed by atoms with Gasteiger partial charge in [0.25, 0.3) is 0 Å². The van der Waals surface area contributed by atoms with Gasteiger partial charge in [0, 0.05) is 6.54 Å². The predicted octanol–water partition coefficient (Wildman–Crippen LogP) is 3.39. The molecule has 4 nitrogen and oxygen atoms in total. The molecule has 2 N–H and O–H groups in total. The molecule has 1 aromatic rings. The predicted molar refractivity (Wildman–Crippen MR) is 75.9 cm³/mol. The second-order valence-corrected chi connectivity index (χ2v) is 5.97. The zero-order chi connectivity index (χ0) is 13.0. The van der Waals surface area contributed by atoms with Gasteiger partial charge in [0.1, 0.15) is 17.3 Å². The van der Waals surface area contributed by atoms with Crippen LogP contribution in [0.2, 0.25) is 5.15 Å². The maximum Gasteiger partial charge on any atom is 0.148 e. The quantitative estimate of drug-likeness (QED) is 0.657. The summed E-state index contributed by atoms with van der Waals surface area (Å²) in [5.41, 5.74) is -0.632. The fourth-order valence-corrected chi connectivity index (χ4v) is 2.76. The zero-order valence-corrected chi connectivity index (χ0v) is 12.5. The van der Waals surface area contributed by atoms with E-state index in [-0.39, 0.29) is 0 Å². The molecule has 1 saturated carbocycles. The number of aliphatic hydroxyl groups is 1. The minimum atomic E-state index is -0.632. The highest BCUT2D eigenvalue weighted by Crippen LogP contribution is 2.30. The molecule has 0 spiro atoms. The SMILES string of the molecule is OC1(CNc2ncnc(Cl)c2Br)CCCCCC1. The van der Waals surface area contributed by atoms with Crippen molar-refractivity contribution in [2.45, 2.75) is 44.1 Å². The van der Waals surface area contributed by atoms with Gasteiger partial charge in [0.15, 0.2) is 0 Å². The van der Waals surface area contributed by atoms with E-state index in [1.54, 1.807) is 0 Å². The summed E-state index contributed by atoms with van der Waals surface area (Å²) in [6.45, 7) is 0.499. The van der Waals surface area contributed by atoms with Crippen molar-refractivity contribution in [2.75, 3.05) is 11.9 Å². The summed E-state index contributed by atoms with van der Waals surface area (Å²) >= 11 is 9.23. The molecule has 1 heterocycles. The highest BCUT2D eigenvalue weighted by atomic mass is 79.9.